The fourth-order valence-electron chi connectivity index (χ4n) is 3.95. The second-order valence-electron chi connectivity index (χ2n) is 7.99. The third kappa shape index (κ3) is 4.69. The second-order valence-corrected chi connectivity index (χ2v) is 8.83. The van der Waals surface area contributed by atoms with E-state index < -0.39 is 6.10 Å². The molecule has 10 heteroatoms. The molecule has 1 atom stereocenters. The van der Waals surface area contributed by atoms with Gasteiger partial charge in [-0.15, -0.1) is 10.2 Å². The monoisotopic (exact) mass is 500 g/mol. The lowest BCUT2D eigenvalue weighted by Crippen LogP contribution is -2.52. The number of nitrogens with zero attached hydrogens (tertiary/aromatic N) is 4. The van der Waals surface area contributed by atoms with Crippen LogP contribution in [-0.2, 0) is 4.79 Å². The van der Waals surface area contributed by atoms with Crippen molar-refractivity contribution in [1.29, 1.82) is 0 Å². The van der Waals surface area contributed by atoms with Crippen LogP contribution in [0.15, 0.2) is 48.5 Å². The molecule has 2 aliphatic heterocycles. The highest BCUT2D eigenvalue weighted by atomic mass is 35.5. The molecule has 8 nitrogen and oxygen atoms in total. The van der Waals surface area contributed by atoms with Crippen molar-refractivity contribution in [2.45, 2.75) is 13.0 Å². The molecular weight excluding hydrogens is 479 g/mol. The van der Waals surface area contributed by atoms with Gasteiger partial charge in [0, 0.05) is 42.8 Å². The Morgan fingerprint density at radius 3 is 2.50 bits per heavy atom. The van der Waals surface area contributed by atoms with Crippen molar-refractivity contribution >= 4 is 34.9 Å². The van der Waals surface area contributed by atoms with Crippen LogP contribution in [0.3, 0.4) is 0 Å². The van der Waals surface area contributed by atoms with E-state index in [2.05, 4.69) is 15.1 Å². The van der Waals surface area contributed by atoms with Crippen molar-refractivity contribution in [3.63, 3.8) is 0 Å². The summed E-state index contributed by atoms with van der Waals surface area (Å²) in [4.78, 5) is 16.8. The van der Waals surface area contributed by atoms with Gasteiger partial charge in [-0.3, -0.25) is 4.79 Å². The number of halogens is 2. The van der Waals surface area contributed by atoms with Gasteiger partial charge in [0.2, 0.25) is 6.79 Å². The van der Waals surface area contributed by atoms with E-state index in [0.717, 1.165) is 11.4 Å². The molecular formula is C24H22Cl2N4O4. The Labute approximate surface area is 206 Å². The SMILES string of the molecule is CC(Oc1ccc2c(c1)OCO2)C(=O)N1CCN(c2ccc(-c3ccc(Cl)cc3Cl)nn2)CC1. The number of hydrogen-bond acceptors (Lipinski definition) is 7. The summed E-state index contributed by atoms with van der Waals surface area (Å²) in [6, 6.07) is 14.4. The maximum absolute atomic E-state index is 12.9. The number of carbonyl (C=O) groups excluding carboxylic acids is 1. The van der Waals surface area contributed by atoms with E-state index in [9.17, 15) is 4.79 Å². The predicted octanol–water partition coefficient (Wildman–Crippen LogP) is 4.30. The number of ether oxygens (including phenoxy) is 3. The molecule has 0 radical (unpaired) electrons. The largest absolute Gasteiger partial charge is 0.481 e. The summed E-state index contributed by atoms with van der Waals surface area (Å²) in [6.07, 6.45) is -0.616. The summed E-state index contributed by atoms with van der Waals surface area (Å²) < 4.78 is 16.5. The zero-order valence-electron chi connectivity index (χ0n) is 18.4. The summed E-state index contributed by atoms with van der Waals surface area (Å²) in [5.41, 5.74) is 1.45. The van der Waals surface area contributed by atoms with Gasteiger partial charge in [0.15, 0.2) is 23.4 Å². The molecule has 5 rings (SSSR count). The van der Waals surface area contributed by atoms with Crippen molar-refractivity contribution < 1.29 is 19.0 Å². The number of aromatic nitrogens is 2. The van der Waals surface area contributed by atoms with E-state index in [0.29, 0.717) is 59.2 Å². The fraction of sp³-hybridized carbons (Fsp3) is 0.292. The molecule has 0 saturated carbocycles. The summed E-state index contributed by atoms with van der Waals surface area (Å²) in [7, 11) is 0. The Balaban J connectivity index is 1.17. The minimum absolute atomic E-state index is 0.0591. The van der Waals surface area contributed by atoms with Gasteiger partial charge in [-0.05, 0) is 49.4 Å². The normalized spacial score (nSPS) is 15.9. The lowest BCUT2D eigenvalue weighted by molar-refractivity contribution is -0.138. The standard InChI is InChI=1S/C24H22Cl2N4O4/c1-15(34-17-3-6-21-22(13-17)33-14-32-21)24(31)30-10-8-29(9-11-30)23-7-5-20(27-28-23)18-4-2-16(25)12-19(18)26/h2-7,12-13,15H,8-11,14H2,1H3. The Hall–Kier alpha value is -3.23. The molecule has 0 bridgehead atoms. The van der Waals surface area contributed by atoms with Gasteiger partial charge in [-0.1, -0.05) is 23.2 Å². The van der Waals surface area contributed by atoms with Crippen LogP contribution >= 0.6 is 23.2 Å². The molecule has 0 aliphatic carbocycles. The van der Waals surface area contributed by atoms with Gasteiger partial charge in [0.25, 0.3) is 5.91 Å². The van der Waals surface area contributed by atoms with Crippen LogP contribution in [-0.4, -0.2) is 60.1 Å². The van der Waals surface area contributed by atoms with Crippen molar-refractivity contribution in [2.75, 3.05) is 37.9 Å². The number of rotatable bonds is 5. The summed E-state index contributed by atoms with van der Waals surface area (Å²) in [5, 5.41) is 9.79. The van der Waals surface area contributed by atoms with Crippen LogP contribution in [0.4, 0.5) is 5.82 Å². The lowest BCUT2D eigenvalue weighted by atomic mass is 10.1. The molecule has 1 saturated heterocycles. The highest BCUT2D eigenvalue weighted by molar-refractivity contribution is 6.36. The molecule has 2 aliphatic rings. The van der Waals surface area contributed by atoms with Crippen LogP contribution < -0.4 is 19.1 Å². The molecule has 1 unspecified atom stereocenters. The Morgan fingerprint density at radius 2 is 1.76 bits per heavy atom. The van der Waals surface area contributed by atoms with Crippen LogP contribution in [0.2, 0.25) is 10.0 Å². The fourth-order valence-corrected chi connectivity index (χ4v) is 4.46. The van der Waals surface area contributed by atoms with Crippen LogP contribution in [0, 0.1) is 0 Å². The first-order chi connectivity index (χ1) is 16.5. The Bertz CT molecular complexity index is 1200. The van der Waals surface area contributed by atoms with E-state index in [1.165, 1.54) is 0 Å². The number of piperazine rings is 1. The molecule has 0 spiro atoms. The predicted molar refractivity (Wildman–Crippen MR) is 129 cm³/mol. The van der Waals surface area contributed by atoms with Gasteiger partial charge in [0.05, 0.1) is 10.7 Å². The first-order valence-electron chi connectivity index (χ1n) is 10.9. The topological polar surface area (TPSA) is 77.0 Å². The number of carbonyl (C=O) groups is 1. The van der Waals surface area contributed by atoms with Gasteiger partial charge in [0.1, 0.15) is 5.75 Å². The van der Waals surface area contributed by atoms with E-state index in [1.807, 2.05) is 23.1 Å². The van der Waals surface area contributed by atoms with Crippen LogP contribution in [0.25, 0.3) is 11.3 Å². The summed E-state index contributed by atoms with van der Waals surface area (Å²) in [5.74, 6) is 2.56. The number of amides is 1. The van der Waals surface area contributed by atoms with E-state index >= 15 is 0 Å². The van der Waals surface area contributed by atoms with Gasteiger partial charge in [-0.2, -0.15) is 0 Å². The van der Waals surface area contributed by atoms with Gasteiger partial charge >= 0.3 is 0 Å². The van der Waals surface area contributed by atoms with E-state index in [1.54, 1.807) is 37.3 Å². The van der Waals surface area contributed by atoms with Gasteiger partial charge < -0.3 is 24.0 Å². The summed E-state index contributed by atoms with van der Waals surface area (Å²) >= 11 is 12.3. The molecule has 176 valence electrons. The van der Waals surface area contributed by atoms with Gasteiger partial charge in [-0.25, -0.2) is 0 Å². The van der Waals surface area contributed by atoms with Crippen molar-refractivity contribution in [3.05, 3.63) is 58.6 Å². The minimum atomic E-state index is -0.616. The average Bonchev–Trinajstić information content (AvgIpc) is 3.32. The van der Waals surface area contributed by atoms with Crippen LogP contribution in [0.5, 0.6) is 17.2 Å². The third-order valence-electron chi connectivity index (χ3n) is 5.78. The highest BCUT2D eigenvalue weighted by Gasteiger charge is 2.27. The molecule has 2 aromatic carbocycles. The molecule has 1 amide bonds. The molecule has 3 heterocycles. The average molecular weight is 501 g/mol. The van der Waals surface area contributed by atoms with Crippen molar-refractivity contribution in [1.82, 2.24) is 15.1 Å². The summed E-state index contributed by atoms with van der Waals surface area (Å²) in [6.45, 7) is 4.39. The third-order valence-corrected chi connectivity index (χ3v) is 6.33. The Kier molecular flexibility index (Phi) is 6.34. The van der Waals surface area contributed by atoms with Crippen molar-refractivity contribution in [2.24, 2.45) is 0 Å². The lowest BCUT2D eigenvalue weighted by Gasteiger charge is -2.36. The van der Waals surface area contributed by atoms with Crippen molar-refractivity contribution in [3.8, 4) is 28.5 Å². The molecule has 1 fully saturated rings. The first-order valence-corrected chi connectivity index (χ1v) is 11.6. The zero-order chi connectivity index (χ0) is 23.7. The molecule has 3 aromatic rings. The highest BCUT2D eigenvalue weighted by Crippen LogP contribution is 2.35. The smallest absolute Gasteiger partial charge is 0.263 e. The van der Waals surface area contributed by atoms with E-state index in [4.69, 9.17) is 37.4 Å². The zero-order valence-corrected chi connectivity index (χ0v) is 19.9. The Morgan fingerprint density at radius 1 is 0.971 bits per heavy atom. The maximum Gasteiger partial charge on any atom is 0.263 e. The number of fused-ring (bicyclic) bond motifs is 1. The first kappa shape index (κ1) is 22.6. The second kappa shape index (κ2) is 9.56. The number of anilines is 1. The number of benzene rings is 2. The van der Waals surface area contributed by atoms with E-state index in [-0.39, 0.29) is 12.7 Å². The molecule has 0 N–H and O–H groups in total. The quantitative estimate of drug-likeness (QED) is 0.516. The van der Waals surface area contributed by atoms with Crippen LogP contribution in [0.1, 0.15) is 6.92 Å². The maximum atomic E-state index is 12.9. The number of hydrogen-bond donors (Lipinski definition) is 0. The molecule has 34 heavy (non-hydrogen) atoms. The molecule has 1 aromatic heterocycles. The minimum Gasteiger partial charge on any atom is -0.481 e.